The van der Waals surface area contributed by atoms with Crippen LogP contribution in [0.1, 0.15) is 44.1 Å². The molecule has 4 rings (SSSR count). The molecule has 1 amide bonds. The Bertz CT molecular complexity index is 1190. The second-order valence-electron chi connectivity index (χ2n) is 9.53. The number of anilines is 1. The number of nitrogens with one attached hydrogen (secondary N) is 1. The van der Waals surface area contributed by atoms with Crippen molar-refractivity contribution in [1.82, 2.24) is 10.0 Å². The van der Waals surface area contributed by atoms with E-state index in [0.717, 1.165) is 37.9 Å². The number of nitrogens with zero attached hydrogens (tertiary/aromatic N) is 2. The molecule has 3 heterocycles. The number of aromatic nitrogens is 1. The molecule has 0 bridgehead atoms. The average Bonchev–Trinajstić information content (AvgIpc) is 2.81. The van der Waals surface area contributed by atoms with Crippen LogP contribution in [0, 0.1) is 0 Å². The lowest BCUT2D eigenvalue weighted by Gasteiger charge is -2.41. The Morgan fingerprint density at radius 3 is 2.57 bits per heavy atom. The highest BCUT2D eigenvalue weighted by molar-refractivity contribution is 7.92. The molecule has 1 N–H and O–H groups in total. The van der Waals surface area contributed by atoms with Gasteiger partial charge in [-0.05, 0) is 37.8 Å². The fraction of sp³-hybridized carbons (Fsp3) is 0.520. The van der Waals surface area contributed by atoms with E-state index < -0.39 is 26.8 Å². The molecular weight excluding hydrogens is 470 g/mol. The van der Waals surface area contributed by atoms with Gasteiger partial charge in [-0.1, -0.05) is 30.3 Å². The van der Waals surface area contributed by atoms with Crippen LogP contribution in [0.5, 0.6) is 0 Å². The molecule has 2 fully saturated rings. The molecule has 0 spiro atoms. The lowest BCUT2D eigenvalue weighted by atomic mass is 9.91. The van der Waals surface area contributed by atoms with Crippen molar-refractivity contribution in [2.45, 2.75) is 56.1 Å². The molecule has 2 aliphatic heterocycles. The number of pyridine rings is 1. The summed E-state index contributed by atoms with van der Waals surface area (Å²) in [6.45, 7) is 3.64. The van der Waals surface area contributed by atoms with Crippen LogP contribution in [-0.4, -0.2) is 55.9 Å². The van der Waals surface area contributed by atoms with Crippen LogP contribution < -0.4 is 15.9 Å². The molecule has 190 valence electrons. The summed E-state index contributed by atoms with van der Waals surface area (Å²) in [6, 6.07) is 13.7. The molecule has 2 atom stereocenters. The largest absolute Gasteiger partial charge is 0.370 e. The third-order valence-corrected chi connectivity index (χ3v) is 9.07. The van der Waals surface area contributed by atoms with Crippen molar-refractivity contribution in [3.63, 3.8) is 0 Å². The van der Waals surface area contributed by atoms with E-state index in [9.17, 15) is 18.0 Å². The number of ether oxygens (including phenoxy) is 1. The Kier molecular flexibility index (Phi) is 7.63. The molecule has 1 unspecified atom stereocenters. The van der Waals surface area contributed by atoms with Gasteiger partial charge in [0.1, 0.15) is 0 Å². The monoisotopic (exact) mass is 503 g/mol. The Morgan fingerprint density at radius 2 is 1.94 bits per heavy atom. The Labute approximate surface area is 205 Å². The van der Waals surface area contributed by atoms with E-state index in [2.05, 4.69) is 22.5 Å². The molecule has 0 radical (unpaired) electrons. The van der Waals surface area contributed by atoms with E-state index in [4.69, 9.17) is 9.57 Å². The number of rotatable bonds is 9. The van der Waals surface area contributed by atoms with Gasteiger partial charge in [-0.3, -0.25) is 9.59 Å². The van der Waals surface area contributed by atoms with Crippen molar-refractivity contribution in [2.75, 3.05) is 30.9 Å². The van der Waals surface area contributed by atoms with Crippen molar-refractivity contribution in [3.05, 3.63) is 64.6 Å². The van der Waals surface area contributed by atoms with Crippen molar-refractivity contribution in [1.29, 1.82) is 0 Å². The molecule has 0 saturated carbocycles. The van der Waals surface area contributed by atoms with Crippen LogP contribution >= 0.6 is 0 Å². The van der Waals surface area contributed by atoms with Gasteiger partial charge in [0.2, 0.25) is 0 Å². The summed E-state index contributed by atoms with van der Waals surface area (Å²) in [4.78, 5) is 33.0. The number of hydrogen-bond donors (Lipinski definition) is 1. The Morgan fingerprint density at radius 1 is 1.20 bits per heavy atom. The van der Waals surface area contributed by atoms with Crippen LogP contribution in [-0.2, 0) is 30.8 Å². The van der Waals surface area contributed by atoms with Crippen molar-refractivity contribution < 1.29 is 22.8 Å². The number of amides is 1. The van der Waals surface area contributed by atoms with Crippen molar-refractivity contribution in [3.8, 4) is 0 Å². The number of carbonyl (C=O) groups is 1. The molecule has 1 aromatic heterocycles. The maximum atomic E-state index is 12.8. The molecule has 9 nitrogen and oxygen atoms in total. The number of hydrogen-bond acceptors (Lipinski definition) is 7. The molecular formula is C25H33N3O6S. The first kappa shape index (κ1) is 25.4. The minimum absolute atomic E-state index is 0.0721. The molecule has 2 saturated heterocycles. The van der Waals surface area contributed by atoms with E-state index in [1.807, 2.05) is 24.3 Å². The zero-order valence-electron chi connectivity index (χ0n) is 20.2. The number of sulfone groups is 1. The summed E-state index contributed by atoms with van der Waals surface area (Å²) in [5.41, 5.74) is 4.15. The van der Waals surface area contributed by atoms with E-state index >= 15 is 0 Å². The molecule has 35 heavy (non-hydrogen) atoms. The first-order valence-corrected chi connectivity index (χ1v) is 13.8. The summed E-state index contributed by atoms with van der Waals surface area (Å²) in [5, 5.41) is 0. The number of aryl methyl sites for hydroxylation is 1. The topological polar surface area (TPSA) is 107 Å². The van der Waals surface area contributed by atoms with Gasteiger partial charge < -0.3 is 14.2 Å². The molecule has 10 heteroatoms. The second-order valence-corrected chi connectivity index (χ2v) is 12.0. The van der Waals surface area contributed by atoms with Gasteiger partial charge in [0.25, 0.3) is 11.5 Å². The number of hydroxylamine groups is 1. The molecule has 0 aliphatic carbocycles. The van der Waals surface area contributed by atoms with E-state index in [1.165, 1.54) is 17.1 Å². The van der Waals surface area contributed by atoms with Crippen LogP contribution in [0.3, 0.4) is 0 Å². The van der Waals surface area contributed by atoms with Crippen LogP contribution in [0.2, 0.25) is 0 Å². The Hall–Kier alpha value is -2.69. The van der Waals surface area contributed by atoms with Gasteiger partial charge in [0, 0.05) is 62.8 Å². The van der Waals surface area contributed by atoms with E-state index in [-0.39, 0.29) is 18.5 Å². The van der Waals surface area contributed by atoms with Crippen LogP contribution in [0.25, 0.3) is 0 Å². The van der Waals surface area contributed by atoms with E-state index in [1.54, 1.807) is 12.3 Å². The fourth-order valence-corrected chi connectivity index (χ4v) is 5.18. The SMILES string of the molecule is C[C@@](CCn1ccc(N2CC(c3ccccc3)C2)cc1=O)(C(=O)NOC1CCCCO1)S(C)(=O)=O. The van der Waals surface area contributed by atoms with E-state index in [0.29, 0.717) is 18.9 Å². The summed E-state index contributed by atoms with van der Waals surface area (Å²) in [7, 11) is -3.81. The molecule has 1 aromatic carbocycles. The van der Waals surface area contributed by atoms with Gasteiger partial charge >= 0.3 is 0 Å². The first-order valence-electron chi connectivity index (χ1n) is 11.9. The lowest BCUT2D eigenvalue weighted by molar-refractivity contribution is -0.201. The zero-order chi connectivity index (χ0) is 25.1. The normalized spacial score (nSPS) is 20.6. The molecule has 2 aliphatic rings. The predicted molar refractivity (Wildman–Crippen MR) is 133 cm³/mol. The lowest BCUT2D eigenvalue weighted by Crippen LogP contribution is -2.51. The fourth-order valence-electron chi connectivity index (χ4n) is 4.34. The number of benzene rings is 1. The van der Waals surface area contributed by atoms with Crippen molar-refractivity contribution in [2.24, 2.45) is 0 Å². The van der Waals surface area contributed by atoms with Crippen molar-refractivity contribution >= 4 is 21.4 Å². The maximum Gasteiger partial charge on any atom is 0.264 e. The summed E-state index contributed by atoms with van der Waals surface area (Å²) in [5.74, 6) is -0.333. The van der Waals surface area contributed by atoms with Crippen LogP contribution in [0.15, 0.2) is 53.5 Å². The maximum absolute atomic E-state index is 12.8. The standard InChI is InChI=1S/C25H33N3O6S/c1-25(35(2,31)32,24(30)26-34-23-10-6-7-15-33-23)12-14-27-13-11-21(16-22(27)29)28-17-20(18-28)19-8-4-3-5-9-19/h3-5,8-9,11,13,16,20,23H,6-7,10,12,14-15,17-18H2,1-2H3,(H,26,30)/t23?,25-/m1/s1. The minimum Gasteiger partial charge on any atom is -0.370 e. The summed E-state index contributed by atoms with van der Waals surface area (Å²) < 4.78 is 30.2. The smallest absolute Gasteiger partial charge is 0.264 e. The van der Waals surface area contributed by atoms with Gasteiger partial charge in [-0.15, -0.1) is 0 Å². The minimum atomic E-state index is -3.81. The second kappa shape index (κ2) is 10.5. The number of carbonyl (C=O) groups excluding carboxylic acids is 1. The quantitative estimate of drug-likeness (QED) is 0.523. The summed E-state index contributed by atoms with van der Waals surface area (Å²) in [6.07, 6.45) is 4.46. The third kappa shape index (κ3) is 5.76. The average molecular weight is 504 g/mol. The zero-order valence-corrected chi connectivity index (χ0v) is 21.0. The van der Waals surface area contributed by atoms with Gasteiger partial charge in [-0.25, -0.2) is 18.7 Å². The highest BCUT2D eigenvalue weighted by atomic mass is 32.2. The first-order chi connectivity index (χ1) is 16.7. The highest BCUT2D eigenvalue weighted by Crippen LogP contribution is 2.31. The third-order valence-electron chi connectivity index (χ3n) is 7.05. The predicted octanol–water partition coefficient (Wildman–Crippen LogP) is 2.22. The Balaban J connectivity index is 1.37. The van der Waals surface area contributed by atoms with Gasteiger partial charge in [0.15, 0.2) is 20.9 Å². The summed E-state index contributed by atoms with van der Waals surface area (Å²) >= 11 is 0. The molecule has 2 aromatic rings. The van der Waals surface area contributed by atoms with Gasteiger partial charge in [0.05, 0.1) is 0 Å². The van der Waals surface area contributed by atoms with Gasteiger partial charge in [-0.2, -0.15) is 0 Å². The van der Waals surface area contributed by atoms with Crippen LogP contribution in [0.4, 0.5) is 5.69 Å². The highest BCUT2D eigenvalue weighted by Gasteiger charge is 2.44.